The molecule has 0 saturated heterocycles. The molecule has 6 heteroatoms. The highest BCUT2D eigenvalue weighted by molar-refractivity contribution is 5.02. The molecule has 102 valence electrons. The first-order valence-corrected chi connectivity index (χ1v) is 6.38. The summed E-state index contributed by atoms with van der Waals surface area (Å²) in [5.41, 5.74) is 0. The largest absolute Gasteiger partial charge is 0.339 e. The van der Waals surface area contributed by atoms with Crippen LogP contribution in [0.5, 0.6) is 0 Å². The molecular formula is C12H19F2N3O. The second kappa shape index (κ2) is 5.30. The minimum Gasteiger partial charge on any atom is -0.339 e. The van der Waals surface area contributed by atoms with Crippen LogP contribution in [0.2, 0.25) is 0 Å². The lowest BCUT2D eigenvalue weighted by atomic mass is 10.1. The van der Waals surface area contributed by atoms with Gasteiger partial charge in [-0.1, -0.05) is 5.16 Å². The van der Waals surface area contributed by atoms with Crippen molar-refractivity contribution in [2.24, 2.45) is 0 Å². The molecular weight excluding hydrogens is 240 g/mol. The van der Waals surface area contributed by atoms with Crippen molar-refractivity contribution in [2.45, 2.75) is 56.9 Å². The molecule has 2 unspecified atom stereocenters. The number of rotatable bonds is 5. The van der Waals surface area contributed by atoms with E-state index in [9.17, 15) is 8.78 Å². The van der Waals surface area contributed by atoms with E-state index in [0.29, 0.717) is 30.6 Å². The Labute approximate surface area is 105 Å². The number of alkyl halides is 2. The standard InChI is InChI=1S/C12H19F2N3O/c1-8(15-2)3-4-10-16-11(17-18-10)9-5-6-12(13,14)7-9/h8-9,15H,3-7H2,1-2H3. The fourth-order valence-corrected chi connectivity index (χ4v) is 2.19. The average molecular weight is 259 g/mol. The molecule has 1 fully saturated rings. The van der Waals surface area contributed by atoms with Crippen LogP contribution in [0.15, 0.2) is 4.52 Å². The predicted molar refractivity (Wildman–Crippen MR) is 62.7 cm³/mol. The Morgan fingerprint density at radius 3 is 2.94 bits per heavy atom. The summed E-state index contributed by atoms with van der Waals surface area (Å²) < 4.78 is 31.3. The van der Waals surface area contributed by atoms with E-state index < -0.39 is 5.92 Å². The maximum atomic E-state index is 13.1. The van der Waals surface area contributed by atoms with E-state index in [0.717, 1.165) is 6.42 Å². The van der Waals surface area contributed by atoms with Gasteiger partial charge in [0.1, 0.15) is 0 Å². The Kier molecular flexibility index (Phi) is 3.94. The lowest BCUT2D eigenvalue weighted by molar-refractivity contribution is 0.00750. The van der Waals surface area contributed by atoms with Gasteiger partial charge in [0.2, 0.25) is 11.8 Å². The van der Waals surface area contributed by atoms with Gasteiger partial charge in [-0.05, 0) is 26.8 Å². The molecule has 1 aliphatic rings. The highest BCUT2D eigenvalue weighted by atomic mass is 19.3. The van der Waals surface area contributed by atoms with E-state index in [1.165, 1.54) is 0 Å². The summed E-state index contributed by atoms with van der Waals surface area (Å²) in [6, 6.07) is 0.371. The summed E-state index contributed by atoms with van der Waals surface area (Å²) in [6.45, 7) is 2.06. The smallest absolute Gasteiger partial charge is 0.248 e. The minimum absolute atomic E-state index is 0.0711. The van der Waals surface area contributed by atoms with Crippen LogP contribution in [-0.2, 0) is 6.42 Å². The Bertz CT molecular complexity index is 394. The van der Waals surface area contributed by atoms with Crippen molar-refractivity contribution in [2.75, 3.05) is 7.05 Å². The number of hydrogen-bond acceptors (Lipinski definition) is 4. The molecule has 18 heavy (non-hydrogen) atoms. The fourth-order valence-electron chi connectivity index (χ4n) is 2.19. The van der Waals surface area contributed by atoms with Crippen LogP contribution in [0.4, 0.5) is 8.78 Å². The molecule has 2 rings (SSSR count). The van der Waals surface area contributed by atoms with Crippen molar-refractivity contribution in [3.05, 3.63) is 11.7 Å². The minimum atomic E-state index is -2.56. The first kappa shape index (κ1) is 13.4. The van der Waals surface area contributed by atoms with Gasteiger partial charge in [0, 0.05) is 31.2 Å². The predicted octanol–water partition coefficient (Wildman–Crippen LogP) is 2.51. The topological polar surface area (TPSA) is 51.0 Å². The van der Waals surface area contributed by atoms with E-state index in [1.807, 2.05) is 7.05 Å². The Morgan fingerprint density at radius 1 is 1.56 bits per heavy atom. The van der Waals surface area contributed by atoms with Crippen molar-refractivity contribution >= 4 is 0 Å². The number of nitrogens with one attached hydrogen (secondary N) is 1. The number of nitrogens with zero attached hydrogens (tertiary/aromatic N) is 2. The zero-order valence-corrected chi connectivity index (χ0v) is 10.7. The van der Waals surface area contributed by atoms with Crippen molar-refractivity contribution in [3.63, 3.8) is 0 Å². The molecule has 1 aromatic rings. The van der Waals surface area contributed by atoms with Gasteiger partial charge in [0.05, 0.1) is 0 Å². The lowest BCUT2D eigenvalue weighted by Crippen LogP contribution is -2.21. The highest BCUT2D eigenvalue weighted by Crippen LogP contribution is 2.43. The van der Waals surface area contributed by atoms with E-state index in [4.69, 9.17) is 4.52 Å². The molecule has 1 aliphatic carbocycles. The van der Waals surface area contributed by atoms with Gasteiger partial charge < -0.3 is 9.84 Å². The van der Waals surface area contributed by atoms with Crippen LogP contribution >= 0.6 is 0 Å². The van der Waals surface area contributed by atoms with E-state index in [-0.39, 0.29) is 18.8 Å². The molecule has 0 bridgehead atoms. The van der Waals surface area contributed by atoms with Crippen LogP contribution in [-0.4, -0.2) is 29.2 Å². The normalized spacial score (nSPS) is 24.3. The molecule has 1 heterocycles. The maximum Gasteiger partial charge on any atom is 0.248 e. The van der Waals surface area contributed by atoms with E-state index in [1.54, 1.807) is 0 Å². The van der Waals surface area contributed by atoms with Gasteiger partial charge in [-0.15, -0.1) is 0 Å². The van der Waals surface area contributed by atoms with E-state index in [2.05, 4.69) is 22.4 Å². The highest BCUT2D eigenvalue weighted by Gasteiger charge is 2.41. The number of halogens is 2. The van der Waals surface area contributed by atoms with Gasteiger partial charge in [-0.2, -0.15) is 4.98 Å². The van der Waals surface area contributed by atoms with Gasteiger partial charge >= 0.3 is 0 Å². The van der Waals surface area contributed by atoms with Gasteiger partial charge in [0.25, 0.3) is 0 Å². The van der Waals surface area contributed by atoms with Gasteiger partial charge in [-0.3, -0.25) is 0 Å². The third-order valence-corrected chi connectivity index (χ3v) is 3.54. The molecule has 0 aliphatic heterocycles. The molecule has 1 N–H and O–H groups in total. The zero-order chi connectivity index (χ0) is 13.2. The molecule has 0 amide bonds. The number of aromatic nitrogens is 2. The first-order valence-electron chi connectivity index (χ1n) is 6.38. The van der Waals surface area contributed by atoms with Crippen molar-refractivity contribution in [3.8, 4) is 0 Å². The summed E-state index contributed by atoms with van der Waals surface area (Å²) in [7, 11) is 1.89. The van der Waals surface area contributed by atoms with Gasteiger partial charge in [-0.25, -0.2) is 8.78 Å². The molecule has 0 spiro atoms. The second-order valence-corrected chi connectivity index (χ2v) is 5.07. The summed E-state index contributed by atoms with van der Waals surface area (Å²) in [5, 5.41) is 6.95. The SMILES string of the molecule is CNC(C)CCc1nc(C2CCC(F)(F)C2)no1. The van der Waals surface area contributed by atoms with Crippen LogP contribution in [0.25, 0.3) is 0 Å². The molecule has 4 nitrogen and oxygen atoms in total. The van der Waals surface area contributed by atoms with Crippen molar-refractivity contribution in [1.29, 1.82) is 0 Å². The Hall–Kier alpha value is -1.04. The molecule has 1 saturated carbocycles. The summed E-state index contributed by atoms with van der Waals surface area (Å²) in [6.07, 6.45) is 1.78. The quantitative estimate of drug-likeness (QED) is 0.882. The van der Waals surface area contributed by atoms with Crippen LogP contribution in [0.1, 0.15) is 50.2 Å². The molecule has 2 atom stereocenters. The summed E-state index contributed by atoms with van der Waals surface area (Å²) >= 11 is 0. The monoisotopic (exact) mass is 259 g/mol. The average Bonchev–Trinajstić information content (AvgIpc) is 2.92. The Balaban J connectivity index is 1.90. The fraction of sp³-hybridized carbons (Fsp3) is 0.833. The molecule has 0 radical (unpaired) electrons. The van der Waals surface area contributed by atoms with Crippen molar-refractivity contribution < 1.29 is 13.3 Å². The third-order valence-electron chi connectivity index (χ3n) is 3.54. The summed E-state index contributed by atoms with van der Waals surface area (Å²) in [5.74, 6) is -1.83. The van der Waals surface area contributed by atoms with Crippen molar-refractivity contribution in [1.82, 2.24) is 15.5 Å². The lowest BCUT2D eigenvalue weighted by Gasteiger charge is -2.07. The summed E-state index contributed by atoms with van der Waals surface area (Å²) in [4.78, 5) is 4.23. The second-order valence-electron chi connectivity index (χ2n) is 5.07. The third kappa shape index (κ3) is 3.25. The zero-order valence-electron chi connectivity index (χ0n) is 10.7. The molecule has 0 aromatic carbocycles. The van der Waals surface area contributed by atoms with Crippen LogP contribution in [0.3, 0.4) is 0 Å². The van der Waals surface area contributed by atoms with Crippen LogP contribution < -0.4 is 5.32 Å². The Morgan fingerprint density at radius 2 is 2.33 bits per heavy atom. The number of hydrogen-bond donors (Lipinski definition) is 1. The molecule has 1 aromatic heterocycles. The maximum absolute atomic E-state index is 13.1. The number of aryl methyl sites for hydroxylation is 1. The van der Waals surface area contributed by atoms with Gasteiger partial charge in [0.15, 0.2) is 5.82 Å². The van der Waals surface area contributed by atoms with E-state index >= 15 is 0 Å². The van der Waals surface area contributed by atoms with Crippen LogP contribution in [0, 0.1) is 0 Å². The first-order chi connectivity index (χ1) is 8.50.